The van der Waals surface area contributed by atoms with Crippen LogP contribution in [-0.2, 0) is 5.60 Å². The highest BCUT2D eigenvalue weighted by atomic mass is 32.1. The van der Waals surface area contributed by atoms with Crippen molar-refractivity contribution in [3.63, 3.8) is 0 Å². The van der Waals surface area contributed by atoms with Gasteiger partial charge in [-0.15, -0.1) is 11.3 Å². The fraction of sp³-hybridized carbons (Fsp3) is 0.0556. The molecule has 3 rings (SSSR count). The second-order valence-corrected chi connectivity index (χ2v) is 5.80. The van der Waals surface area contributed by atoms with Crippen LogP contribution < -0.4 is 0 Å². The summed E-state index contributed by atoms with van der Waals surface area (Å²) in [5, 5.41) is 20.5. The number of benzene rings is 2. The van der Waals surface area contributed by atoms with Crippen molar-refractivity contribution in [2.45, 2.75) is 5.60 Å². The van der Waals surface area contributed by atoms with E-state index in [2.05, 4.69) is 6.07 Å². The number of nitriles is 1. The number of thiophene rings is 1. The molecule has 1 aromatic heterocycles. The second kappa shape index (κ2) is 5.53. The normalized spacial score (nSPS) is 11.0. The van der Waals surface area contributed by atoms with Gasteiger partial charge in [0.15, 0.2) is 0 Å². The van der Waals surface area contributed by atoms with Gasteiger partial charge in [0.1, 0.15) is 16.5 Å². The summed E-state index contributed by atoms with van der Waals surface area (Å²) in [5.74, 6) is 0. The average molecular weight is 291 g/mol. The van der Waals surface area contributed by atoms with Gasteiger partial charge in [-0.25, -0.2) is 0 Å². The van der Waals surface area contributed by atoms with Gasteiger partial charge in [0.2, 0.25) is 0 Å². The van der Waals surface area contributed by atoms with E-state index < -0.39 is 5.60 Å². The molecule has 21 heavy (non-hydrogen) atoms. The van der Waals surface area contributed by atoms with Crippen LogP contribution >= 0.6 is 11.3 Å². The molecule has 102 valence electrons. The summed E-state index contributed by atoms with van der Waals surface area (Å²) in [6.07, 6.45) is 0. The highest BCUT2D eigenvalue weighted by molar-refractivity contribution is 7.12. The molecule has 0 radical (unpaired) electrons. The van der Waals surface area contributed by atoms with Crippen LogP contribution in [0.25, 0.3) is 0 Å². The summed E-state index contributed by atoms with van der Waals surface area (Å²) in [7, 11) is 0. The second-order valence-electron chi connectivity index (χ2n) is 4.72. The molecule has 0 unspecified atom stereocenters. The van der Waals surface area contributed by atoms with E-state index in [-0.39, 0.29) is 0 Å². The van der Waals surface area contributed by atoms with E-state index in [0.717, 1.165) is 16.0 Å². The van der Waals surface area contributed by atoms with E-state index in [1.54, 1.807) is 6.07 Å². The Kier molecular flexibility index (Phi) is 3.57. The average Bonchev–Trinajstić information content (AvgIpc) is 3.05. The predicted molar refractivity (Wildman–Crippen MR) is 84.0 cm³/mol. The molecule has 0 fully saturated rings. The van der Waals surface area contributed by atoms with E-state index in [4.69, 9.17) is 5.26 Å². The number of rotatable bonds is 3. The fourth-order valence-corrected chi connectivity index (χ4v) is 3.34. The quantitative estimate of drug-likeness (QED) is 0.795. The Morgan fingerprint density at radius 1 is 0.810 bits per heavy atom. The van der Waals surface area contributed by atoms with E-state index in [1.807, 2.05) is 66.7 Å². The number of hydrogen-bond donors (Lipinski definition) is 1. The minimum Gasteiger partial charge on any atom is -0.375 e. The number of hydrogen-bond acceptors (Lipinski definition) is 3. The van der Waals surface area contributed by atoms with E-state index >= 15 is 0 Å². The Labute approximate surface area is 127 Å². The summed E-state index contributed by atoms with van der Waals surface area (Å²) in [6, 6.07) is 24.8. The van der Waals surface area contributed by atoms with Crippen LogP contribution in [0.1, 0.15) is 20.9 Å². The Balaban J connectivity index is 2.23. The Hall–Kier alpha value is -2.41. The first-order chi connectivity index (χ1) is 10.2. The zero-order chi connectivity index (χ0) is 14.7. The van der Waals surface area contributed by atoms with Crippen molar-refractivity contribution in [2.75, 3.05) is 0 Å². The topological polar surface area (TPSA) is 44.0 Å². The molecule has 1 N–H and O–H groups in total. The zero-order valence-electron chi connectivity index (χ0n) is 11.2. The maximum Gasteiger partial charge on any atom is 0.149 e. The molecule has 3 aromatic rings. The van der Waals surface area contributed by atoms with E-state index in [9.17, 15) is 5.11 Å². The summed E-state index contributed by atoms with van der Waals surface area (Å²) < 4.78 is 0. The lowest BCUT2D eigenvalue weighted by Crippen LogP contribution is -2.27. The van der Waals surface area contributed by atoms with Crippen LogP contribution in [0, 0.1) is 11.3 Å². The highest BCUT2D eigenvalue weighted by Gasteiger charge is 2.35. The van der Waals surface area contributed by atoms with Gasteiger partial charge in [-0.3, -0.25) is 0 Å². The minimum atomic E-state index is -1.23. The van der Waals surface area contributed by atoms with E-state index in [0.29, 0.717) is 4.88 Å². The third kappa shape index (κ3) is 2.36. The Bertz CT molecular complexity index is 732. The lowest BCUT2D eigenvalue weighted by atomic mass is 9.85. The Morgan fingerprint density at radius 3 is 1.76 bits per heavy atom. The van der Waals surface area contributed by atoms with E-state index in [1.165, 1.54) is 11.3 Å². The van der Waals surface area contributed by atoms with Crippen molar-refractivity contribution in [1.82, 2.24) is 0 Å². The van der Waals surface area contributed by atoms with Crippen molar-refractivity contribution >= 4 is 11.3 Å². The molecule has 2 aromatic carbocycles. The van der Waals surface area contributed by atoms with Crippen molar-refractivity contribution in [3.8, 4) is 6.07 Å². The molecule has 0 atom stereocenters. The van der Waals surface area contributed by atoms with Crippen LogP contribution in [0.15, 0.2) is 72.8 Å². The minimum absolute atomic E-state index is 0.593. The fourth-order valence-electron chi connectivity index (χ4n) is 2.40. The molecular formula is C18H13NOS. The van der Waals surface area contributed by atoms with Gasteiger partial charge in [0, 0.05) is 4.88 Å². The molecule has 0 spiro atoms. The molecule has 3 heteroatoms. The maximum atomic E-state index is 11.4. The molecule has 0 aliphatic rings. The monoisotopic (exact) mass is 291 g/mol. The first-order valence-electron chi connectivity index (χ1n) is 6.59. The lowest BCUT2D eigenvalue weighted by Gasteiger charge is -2.28. The van der Waals surface area contributed by atoms with Gasteiger partial charge in [-0.05, 0) is 23.3 Å². The third-order valence-electron chi connectivity index (χ3n) is 3.46. The third-order valence-corrected chi connectivity index (χ3v) is 4.55. The van der Waals surface area contributed by atoms with Crippen LogP contribution in [0.5, 0.6) is 0 Å². The van der Waals surface area contributed by atoms with Gasteiger partial charge in [0.05, 0.1) is 0 Å². The molecule has 1 heterocycles. The Morgan fingerprint density at radius 2 is 1.33 bits per heavy atom. The van der Waals surface area contributed by atoms with Gasteiger partial charge in [-0.1, -0.05) is 60.7 Å². The molecule has 0 amide bonds. The largest absolute Gasteiger partial charge is 0.375 e. The van der Waals surface area contributed by atoms with Gasteiger partial charge in [-0.2, -0.15) is 5.26 Å². The zero-order valence-corrected chi connectivity index (χ0v) is 12.0. The first-order valence-corrected chi connectivity index (χ1v) is 7.40. The van der Waals surface area contributed by atoms with Crippen molar-refractivity contribution < 1.29 is 5.11 Å². The standard InChI is InChI=1S/C18H13NOS/c19-13-16-11-12-17(21-16)18(20,14-7-3-1-4-8-14)15-9-5-2-6-10-15/h1-12,20H. The van der Waals surface area contributed by atoms with Gasteiger partial charge >= 0.3 is 0 Å². The highest BCUT2D eigenvalue weighted by Crippen LogP contribution is 2.39. The molecule has 2 nitrogen and oxygen atoms in total. The molecule has 0 saturated carbocycles. The molecule has 0 aliphatic carbocycles. The summed E-state index contributed by atoms with van der Waals surface area (Å²) in [4.78, 5) is 1.34. The lowest BCUT2D eigenvalue weighted by molar-refractivity contribution is 0.129. The number of nitrogens with zero attached hydrogens (tertiary/aromatic N) is 1. The van der Waals surface area contributed by atoms with Crippen LogP contribution in [0.2, 0.25) is 0 Å². The van der Waals surface area contributed by atoms with Crippen LogP contribution in [-0.4, -0.2) is 5.11 Å². The van der Waals surface area contributed by atoms with Gasteiger partial charge in [0.25, 0.3) is 0 Å². The number of aliphatic hydroxyl groups is 1. The maximum absolute atomic E-state index is 11.4. The first kappa shape index (κ1) is 13.6. The van der Waals surface area contributed by atoms with Crippen molar-refractivity contribution in [3.05, 3.63) is 93.7 Å². The molecule has 0 bridgehead atoms. The summed E-state index contributed by atoms with van der Waals surface area (Å²) in [5.41, 5.74) is 0.354. The van der Waals surface area contributed by atoms with Crippen molar-refractivity contribution in [1.29, 1.82) is 5.26 Å². The SMILES string of the molecule is N#Cc1ccc(C(O)(c2ccccc2)c2ccccc2)s1. The molecule has 0 aliphatic heterocycles. The van der Waals surface area contributed by atoms with Gasteiger partial charge < -0.3 is 5.11 Å². The predicted octanol–water partition coefficient (Wildman–Crippen LogP) is 3.90. The summed E-state index contributed by atoms with van der Waals surface area (Å²) >= 11 is 1.32. The van der Waals surface area contributed by atoms with Crippen molar-refractivity contribution in [2.24, 2.45) is 0 Å². The van der Waals surface area contributed by atoms with Crippen LogP contribution in [0.4, 0.5) is 0 Å². The molecular weight excluding hydrogens is 278 g/mol. The molecule has 0 saturated heterocycles. The smallest absolute Gasteiger partial charge is 0.149 e. The van der Waals surface area contributed by atoms with Crippen LogP contribution in [0.3, 0.4) is 0 Å². The summed E-state index contributed by atoms with van der Waals surface area (Å²) in [6.45, 7) is 0.